The third-order valence-corrected chi connectivity index (χ3v) is 22.5. The standard InChI is InChI=1S/C80H145N3O5/c1-7-12-17-22-31-42-53-72-68(49-38-19-14-9-3)57-58-69(50-39-20-15-10-4)74(72)55-44-33-25-28-35-46-63-81(67(6)84)76-66-79(87)83(80(76)88)65-48-37-29-26-34-45-56-75-71(52-41-30-24-27-36-47-64-82-77(85)61-62-78(82)86)60-59-70(51-40-21-16-11-5)73(75)54-43-32-23-18-13-8-2/h61-62,66,68-75,87-88H,7-60,63-65H2,1-6H3. The van der Waals surface area contributed by atoms with Gasteiger partial charge in [0.25, 0.3) is 11.8 Å². The van der Waals surface area contributed by atoms with Crippen molar-refractivity contribution in [2.45, 2.75) is 395 Å². The molecular formula is C80H145N3O5. The van der Waals surface area contributed by atoms with E-state index in [0.29, 0.717) is 25.3 Å². The van der Waals surface area contributed by atoms with Crippen LogP contribution in [0.4, 0.5) is 5.69 Å². The molecule has 0 bridgehead atoms. The summed E-state index contributed by atoms with van der Waals surface area (Å²) in [7, 11) is 0. The number of hydrogen-bond donors (Lipinski definition) is 2. The Bertz CT molecular complexity index is 1910. The van der Waals surface area contributed by atoms with Crippen LogP contribution < -0.4 is 4.90 Å². The molecule has 0 saturated heterocycles. The van der Waals surface area contributed by atoms with Gasteiger partial charge in [-0.1, -0.05) is 311 Å². The van der Waals surface area contributed by atoms with Crippen LogP contribution in [-0.2, 0) is 20.9 Å². The molecule has 8 heteroatoms. The summed E-state index contributed by atoms with van der Waals surface area (Å²) in [5.74, 6) is 6.98. The van der Waals surface area contributed by atoms with E-state index in [-0.39, 0.29) is 29.5 Å². The number of carbonyl (C=O) groups is 3. The Morgan fingerprint density at radius 2 is 0.659 bits per heavy atom. The smallest absolute Gasteiger partial charge is 0.253 e. The van der Waals surface area contributed by atoms with Gasteiger partial charge in [-0.2, -0.15) is 0 Å². The van der Waals surface area contributed by atoms with Gasteiger partial charge >= 0.3 is 0 Å². The van der Waals surface area contributed by atoms with Crippen molar-refractivity contribution in [3.8, 4) is 11.8 Å². The van der Waals surface area contributed by atoms with E-state index < -0.39 is 0 Å². The van der Waals surface area contributed by atoms with Crippen LogP contribution in [0.3, 0.4) is 0 Å². The highest BCUT2D eigenvalue weighted by Gasteiger charge is 2.39. The summed E-state index contributed by atoms with van der Waals surface area (Å²) in [6.07, 6.45) is 74.7. The van der Waals surface area contributed by atoms with E-state index >= 15 is 0 Å². The van der Waals surface area contributed by atoms with Gasteiger partial charge in [0, 0.05) is 44.8 Å². The van der Waals surface area contributed by atoms with E-state index in [0.717, 1.165) is 85.9 Å². The normalized spacial score (nSPS) is 21.4. The highest BCUT2D eigenvalue weighted by Crippen LogP contribution is 2.50. The van der Waals surface area contributed by atoms with Crippen molar-refractivity contribution in [3.63, 3.8) is 0 Å². The Labute approximate surface area is 544 Å². The second-order valence-electron chi connectivity index (χ2n) is 29.4. The predicted octanol–water partition coefficient (Wildman–Crippen LogP) is 24.3. The number of nitrogens with zero attached hydrogens (tertiary/aromatic N) is 3. The molecule has 1 aromatic heterocycles. The molecule has 0 aromatic carbocycles. The van der Waals surface area contributed by atoms with E-state index in [1.54, 1.807) is 22.5 Å². The fourth-order valence-electron chi connectivity index (χ4n) is 17.3. The summed E-state index contributed by atoms with van der Waals surface area (Å²) < 4.78 is 1.63. The topological polar surface area (TPSA) is 103 Å². The molecule has 8 atom stereocenters. The largest absolute Gasteiger partial charge is 0.494 e. The van der Waals surface area contributed by atoms with Crippen LogP contribution in [0, 0.1) is 47.3 Å². The van der Waals surface area contributed by atoms with Gasteiger partial charge in [-0.15, -0.1) is 0 Å². The average molecular weight is 1230 g/mol. The molecule has 2 aliphatic carbocycles. The summed E-state index contributed by atoms with van der Waals surface area (Å²) in [6, 6.07) is 1.62. The molecule has 2 N–H and O–H groups in total. The van der Waals surface area contributed by atoms with E-state index in [1.165, 1.54) is 325 Å². The molecule has 3 aliphatic rings. The summed E-state index contributed by atoms with van der Waals surface area (Å²) in [6.45, 7) is 15.0. The Morgan fingerprint density at radius 3 is 0.989 bits per heavy atom. The number of hydrogen-bond acceptors (Lipinski definition) is 5. The fraction of sp³-hybridized carbons (Fsp3) is 0.887. The Morgan fingerprint density at radius 1 is 0.386 bits per heavy atom. The van der Waals surface area contributed by atoms with Gasteiger partial charge in [-0.25, -0.2) is 0 Å². The molecule has 2 heterocycles. The number of anilines is 1. The SMILES string of the molecule is CCCCCCCCC1C(CCCCCC)CCC(CCCCCC)C1CCCCCCCCN(C(C)=O)c1cc(O)n(CCCCCCCCC2C(CCCCCCCCN3C(=O)C=CC3=O)CCC(CCCCCC)C2CCCCCCCC)c1O. The van der Waals surface area contributed by atoms with Crippen molar-refractivity contribution in [2.24, 2.45) is 47.3 Å². The van der Waals surface area contributed by atoms with Crippen LogP contribution in [0.25, 0.3) is 0 Å². The quantitative estimate of drug-likeness (QED) is 0.0500. The van der Waals surface area contributed by atoms with Crippen LogP contribution in [0.2, 0.25) is 0 Å². The minimum atomic E-state index is -0.154. The molecule has 3 amide bonds. The lowest BCUT2D eigenvalue weighted by Gasteiger charge is -2.44. The van der Waals surface area contributed by atoms with Gasteiger partial charge in [0.05, 0.1) is 0 Å². The fourth-order valence-corrected chi connectivity index (χ4v) is 17.3. The lowest BCUT2D eigenvalue weighted by molar-refractivity contribution is -0.136. The average Bonchev–Trinajstić information content (AvgIpc) is 2.67. The first kappa shape index (κ1) is 77.7. The van der Waals surface area contributed by atoms with Gasteiger partial charge in [0.1, 0.15) is 5.69 Å². The molecule has 0 radical (unpaired) electrons. The predicted molar refractivity (Wildman–Crippen MR) is 377 cm³/mol. The van der Waals surface area contributed by atoms with Crippen molar-refractivity contribution in [1.82, 2.24) is 9.47 Å². The molecule has 510 valence electrons. The van der Waals surface area contributed by atoms with Crippen LogP contribution in [-0.4, -0.2) is 50.5 Å². The lowest BCUT2D eigenvalue weighted by Crippen LogP contribution is -2.35. The van der Waals surface area contributed by atoms with Gasteiger partial charge in [-0.05, 0) is 118 Å². The Balaban J connectivity index is 1.22. The van der Waals surface area contributed by atoms with Crippen molar-refractivity contribution in [3.05, 3.63) is 18.2 Å². The zero-order valence-corrected chi connectivity index (χ0v) is 59.1. The zero-order chi connectivity index (χ0) is 63.2. The molecule has 8 unspecified atom stereocenters. The third-order valence-electron chi connectivity index (χ3n) is 22.5. The number of carbonyl (C=O) groups excluding carboxylic acids is 3. The minimum Gasteiger partial charge on any atom is -0.494 e. The summed E-state index contributed by atoms with van der Waals surface area (Å²) in [4.78, 5) is 40.1. The van der Waals surface area contributed by atoms with Gasteiger partial charge in [-0.3, -0.25) is 23.9 Å². The number of unbranched alkanes of at least 4 members (excludes halogenated alkanes) is 34. The number of imide groups is 1. The lowest BCUT2D eigenvalue weighted by atomic mass is 9.61. The molecule has 0 spiro atoms. The highest BCUT2D eigenvalue weighted by atomic mass is 16.3. The van der Waals surface area contributed by atoms with Crippen molar-refractivity contribution in [1.29, 1.82) is 0 Å². The first-order valence-electron chi connectivity index (χ1n) is 39.5. The summed E-state index contributed by atoms with van der Waals surface area (Å²) >= 11 is 0. The molecule has 88 heavy (non-hydrogen) atoms. The maximum atomic E-state index is 13.1. The monoisotopic (exact) mass is 1230 g/mol. The van der Waals surface area contributed by atoms with Gasteiger partial charge < -0.3 is 15.1 Å². The van der Waals surface area contributed by atoms with Crippen LogP contribution in [0.1, 0.15) is 388 Å². The molecule has 1 aliphatic heterocycles. The first-order chi connectivity index (χ1) is 43.1. The highest BCUT2D eigenvalue weighted by molar-refractivity contribution is 6.12. The maximum Gasteiger partial charge on any atom is 0.253 e. The molecule has 2 fully saturated rings. The summed E-state index contributed by atoms with van der Waals surface area (Å²) in [5.41, 5.74) is 0.459. The number of aromatic nitrogens is 1. The summed E-state index contributed by atoms with van der Waals surface area (Å²) in [5, 5.41) is 22.6. The van der Waals surface area contributed by atoms with Crippen LogP contribution in [0.15, 0.2) is 18.2 Å². The van der Waals surface area contributed by atoms with Gasteiger partial charge in [0.2, 0.25) is 11.8 Å². The maximum absolute atomic E-state index is 13.1. The second-order valence-corrected chi connectivity index (χ2v) is 29.4. The Kier molecular flexibility index (Phi) is 44.0. The van der Waals surface area contributed by atoms with Crippen LogP contribution in [0.5, 0.6) is 11.8 Å². The van der Waals surface area contributed by atoms with Crippen molar-refractivity contribution < 1.29 is 24.6 Å². The molecule has 1 aromatic rings. The van der Waals surface area contributed by atoms with E-state index in [2.05, 4.69) is 34.6 Å². The zero-order valence-electron chi connectivity index (χ0n) is 59.1. The van der Waals surface area contributed by atoms with Crippen LogP contribution >= 0.6 is 0 Å². The number of amides is 3. The first-order valence-corrected chi connectivity index (χ1v) is 39.5. The Hall–Kier alpha value is -2.77. The van der Waals surface area contributed by atoms with Gasteiger partial charge in [0.15, 0.2) is 5.88 Å². The molecule has 4 rings (SSSR count). The van der Waals surface area contributed by atoms with Crippen molar-refractivity contribution in [2.75, 3.05) is 18.0 Å². The molecule has 2 saturated carbocycles. The van der Waals surface area contributed by atoms with Crippen molar-refractivity contribution >= 4 is 23.4 Å². The second kappa shape index (κ2) is 49.8. The number of aromatic hydroxyl groups is 2. The van der Waals surface area contributed by atoms with E-state index in [1.807, 2.05) is 0 Å². The number of rotatable bonds is 57. The van der Waals surface area contributed by atoms with E-state index in [9.17, 15) is 24.6 Å². The molecular weight excluding hydrogens is 1080 g/mol. The third kappa shape index (κ3) is 30.8. The van der Waals surface area contributed by atoms with E-state index in [4.69, 9.17) is 0 Å². The molecule has 8 nitrogen and oxygen atoms in total. The minimum absolute atomic E-state index is 0.0293.